The lowest BCUT2D eigenvalue weighted by Crippen LogP contribution is -2.71. The molecule has 0 unspecified atom stereocenters. The molecule has 1 saturated carbocycles. The molecule has 1 aliphatic heterocycles. The Balaban J connectivity index is 1.96. The number of nitrogens with zero attached hydrogens (tertiary/aromatic N) is 2. The summed E-state index contributed by atoms with van der Waals surface area (Å²) in [4.78, 5) is 28.2. The quantitative estimate of drug-likeness (QED) is 0.686. The number of carbonyl (C=O) groups excluding carboxylic acids is 2. The summed E-state index contributed by atoms with van der Waals surface area (Å²) in [5, 5.41) is 3.10. The van der Waals surface area contributed by atoms with Crippen molar-refractivity contribution in [1.29, 1.82) is 0 Å². The van der Waals surface area contributed by atoms with Crippen molar-refractivity contribution in [2.45, 2.75) is 64.0 Å². The van der Waals surface area contributed by atoms with Crippen LogP contribution in [0.25, 0.3) is 0 Å². The molecular formula is C22H33N3O5S. The number of nitrogens with one attached hydrogen (secondary N) is 1. The second-order valence-electron chi connectivity index (χ2n) is 8.59. The first-order chi connectivity index (χ1) is 14.7. The highest BCUT2D eigenvalue weighted by molar-refractivity contribution is 7.89. The fraction of sp³-hybridized carbons (Fsp3) is 0.636. The molecule has 1 atom stereocenters. The second-order valence-corrected chi connectivity index (χ2v) is 10.7. The van der Waals surface area contributed by atoms with Crippen molar-refractivity contribution in [1.82, 2.24) is 9.62 Å². The Hall–Kier alpha value is -2.13. The summed E-state index contributed by atoms with van der Waals surface area (Å²) in [6.07, 6.45) is 5.51. The Morgan fingerprint density at radius 2 is 1.84 bits per heavy atom. The van der Waals surface area contributed by atoms with Crippen LogP contribution in [0.5, 0.6) is 5.75 Å². The van der Waals surface area contributed by atoms with Crippen LogP contribution >= 0.6 is 0 Å². The molecule has 2 amide bonds. The molecule has 9 heteroatoms. The molecule has 1 aromatic carbocycles. The van der Waals surface area contributed by atoms with Crippen molar-refractivity contribution in [2.24, 2.45) is 0 Å². The number of anilines is 1. The van der Waals surface area contributed by atoms with Crippen molar-refractivity contribution in [3.8, 4) is 5.75 Å². The van der Waals surface area contributed by atoms with Crippen LogP contribution in [0.1, 0.15) is 52.4 Å². The number of piperazine rings is 1. The Morgan fingerprint density at radius 3 is 2.42 bits per heavy atom. The van der Waals surface area contributed by atoms with Crippen molar-refractivity contribution in [3.63, 3.8) is 0 Å². The van der Waals surface area contributed by atoms with Gasteiger partial charge in [-0.15, -0.1) is 0 Å². The Bertz CT molecular complexity index is 896. The highest BCUT2D eigenvalue weighted by Crippen LogP contribution is 2.32. The van der Waals surface area contributed by atoms with Crippen LogP contribution < -0.4 is 15.0 Å². The van der Waals surface area contributed by atoms with E-state index < -0.39 is 21.5 Å². The number of amides is 2. The van der Waals surface area contributed by atoms with E-state index in [0.717, 1.165) is 32.1 Å². The van der Waals surface area contributed by atoms with Gasteiger partial charge in [0.25, 0.3) is 0 Å². The van der Waals surface area contributed by atoms with Crippen molar-refractivity contribution < 1.29 is 22.7 Å². The van der Waals surface area contributed by atoms with Crippen LogP contribution in [0.15, 0.2) is 24.3 Å². The third-order valence-electron chi connectivity index (χ3n) is 6.15. The molecule has 2 aliphatic rings. The average Bonchev–Trinajstić information content (AvgIpc) is 2.74. The third kappa shape index (κ3) is 5.03. The maximum atomic E-state index is 13.5. The van der Waals surface area contributed by atoms with Gasteiger partial charge in [-0.3, -0.25) is 14.5 Å². The van der Waals surface area contributed by atoms with Crippen LogP contribution in [0, 0.1) is 0 Å². The van der Waals surface area contributed by atoms with Gasteiger partial charge in [0.2, 0.25) is 21.8 Å². The molecule has 0 aromatic heterocycles. The summed E-state index contributed by atoms with van der Waals surface area (Å²) < 4.78 is 31.9. The molecule has 1 aromatic rings. The van der Waals surface area contributed by atoms with Crippen LogP contribution in [0.2, 0.25) is 0 Å². The SMILES string of the molecule is CCCS(=O)(=O)N1CC(=O)N(c2ccc(OC)cc2)[C@](C)(C(=O)NC2CCCCC2)C1. The fourth-order valence-electron chi connectivity index (χ4n) is 4.47. The van der Waals surface area contributed by atoms with Gasteiger partial charge in [0.1, 0.15) is 11.3 Å². The Morgan fingerprint density at radius 1 is 1.19 bits per heavy atom. The molecular weight excluding hydrogens is 418 g/mol. The van der Waals surface area contributed by atoms with Gasteiger partial charge in [-0.25, -0.2) is 8.42 Å². The van der Waals surface area contributed by atoms with E-state index in [0.29, 0.717) is 17.9 Å². The lowest BCUT2D eigenvalue weighted by Gasteiger charge is -2.47. The van der Waals surface area contributed by atoms with E-state index in [1.165, 1.54) is 9.21 Å². The number of rotatable bonds is 7. The van der Waals surface area contributed by atoms with Crippen LogP contribution in [0.4, 0.5) is 5.69 Å². The van der Waals surface area contributed by atoms with Crippen LogP contribution in [0.3, 0.4) is 0 Å². The highest BCUT2D eigenvalue weighted by atomic mass is 32.2. The summed E-state index contributed by atoms with van der Waals surface area (Å²) in [5.41, 5.74) is -0.818. The fourth-order valence-corrected chi connectivity index (χ4v) is 6.00. The first-order valence-corrected chi connectivity index (χ1v) is 12.6. The summed E-state index contributed by atoms with van der Waals surface area (Å²) in [6, 6.07) is 6.94. The molecule has 8 nitrogen and oxygen atoms in total. The van der Waals surface area contributed by atoms with Crippen molar-refractivity contribution in [2.75, 3.05) is 30.9 Å². The van der Waals surface area contributed by atoms with Gasteiger partial charge in [0.15, 0.2) is 0 Å². The van der Waals surface area contributed by atoms with E-state index in [-0.39, 0.29) is 30.8 Å². The normalized spacial score (nSPS) is 23.6. The minimum atomic E-state index is -3.63. The van der Waals surface area contributed by atoms with Gasteiger partial charge in [-0.05, 0) is 50.5 Å². The molecule has 1 saturated heterocycles. The lowest BCUT2D eigenvalue weighted by molar-refractivity contribution is -0.133. The van der Waals surface area contributed by atoms with E-state index in [2.05, 4.69) is 5.32 Å². The first kappa shape index (κ1) is 23.5. The number of ether oxygens (including phenoxy) is 1. The second kappa shape index (κ2) is 9.56. The van der Waals surface area contributed by atoms with E-state index in [9.17, 15) is 18.0 Å². The van der Waals surface area contributed by atoms with Crippen LogP contribution in [-0.4, -0.2) is 62.1 Å². The molecule has 2 fully saturated rings. The van der Waals surface area contributed by atoms with Crippen LogP contribution in [-0.2, 0) is 19.6 Å². The minimum Gasteiger partial charge on any atom is -0.497 e. The predicted molar refractivity (Wildman–Crippen MR) is 120 cm³/mol. The molecule has 172 valence electrons. The molecule has 1 heterocycles. The maximum Gasteiger partial charge on any atom is 0.247 e. The highest BCUT2D eigenvalue weighted by Gasteiger charge is 2.51. The Kier molecular flexibility index (Phi) is 7.26. The summed E-state index contributed by atoms with van der Waals surface area (Å²) in [7, 11) is -2.08. The monoisotopic (exact) mass is 451 g/mol. The Labute approximate surface area is 185 Å². The third-order valence-corrected chi connectivity index (χ3v) is 8.12. The number of sulfonamides is 1. The van der Waals surface area contributed by atoms with Gasteiger partial charge in [0, 0.05) is 18.3 Å². The molecule has 1 aliphatic carbocycles. The zero-order valence-electron chi connectivity index (χ0n) is 18.6. The number of hydrogen-bond donors (Lipinski definition) is 1. The molecule has 3 rings (SSSR count). The molecule has 0 radical (unpaired) electrons. The number of benzene rings is 1. The molecule has 31 heavy (non-hydrogen) atoms. The zero-order chi connectivity index (χ0) is 22.6. The van der Waals surface area contributed by atoms with Gasteiger partial charge in [-0.2, -0.15) is 4.31 Å². The van der Waals surface area contributed by atoms with E-state index in [1.807, 2.05) is 0 Å². The standard InChI is InChI=1S/C22H33N3O5S/c1-4-14-31(28,29)24-15-20(26)25(18-10-12-19(30-3)13-11-18)22(2,16-24)21(27)23-17-8-6-5-7-9-17/h10-13,17H,4-9,14-16H2,1-3H3,(H,23,27)/t22-/m0/s1. The average molecular weight is 452 g/mol. The minimum absolute atomic E-state index is 0.0496. The maximum absolute atomic E-state index is 13.5. The van der Waals surface area contributed by atoms with Gasteiger partial charge in [0.05, 0.1) is 19.4 Å². The summed E-state index contributed by atoms with van der Waals surface area (Å²) in [6.45, 7) is 3.08. The lowest BCUT2D eigenvalue weighted by atomic mass is 9.91. The van der Waals surface area contributed by atoms with Gasteiger partial charge < -0.3 is 10.1 Å². The molecule has 0 spiro atoms. The smallest absolute Gasteiger partial charge is 0.247 e. The van der Waals surface area contributed by atoms with E-state index >= 15 is 0 Å². The van der Waals surface area contributed by atoms with Crippen molar-refractivity contribution in [3.05, 3.63) is 24.3 Å². The number of hydrogen-bond acceptors (Lipinski definition) is 5. The summed E-state index contributed by atoms with van der Waals surface area (Å²) in [5.74, 6) is -0.158. The zero-order valence-corrected chi connectivity index (χ0v) is 19.4. The van der Waals surface area contributed by atoms with Gasteiger partial charge >= 0.3 is 0 Å². The number of methoxy groups -OCH3 is 1. The topological polar surface area (TPSA) is 96.0 Å². The molecule has 1 N–H and O–H groups in total. The van der Waals surface area contributed by atoms with E-state index in [4.69, 9.17) is 4.74 Å². The van der Waals surface area contributed by atoms with Gasteiger partial charge in [-0.1, -0.05) is 26.2 Å². The first-order valence-electron chi connectivity index (χ1n) is 11.0. The largest absolute Gasteiger partial charge is 0.497 e. The summed E-state index contributed by atoms with van der Waals surface area (Å²) >= 11 is 0. The van der Waals surface area contributed by atoms with E-state index in [1.54, 1.807) is 45.2 Å². The molecule has 0 bridgehead atoms. The predicted octanol–water partition coefficient (Wildman–Crippen LogP) is 2.29. The van der Waals surface area contributed by atoms with Crippen molar-refractivity contribution >= 4 is 27.5 Å². The number of carbonyl (C=O) groups is 2.